The second kappa shape index (κ2) is 15.5. The summed E-state index contributed by atoms with van der Waals surface area (Å²) >= 11 is 0. The molecule has 0 aliphatic carbocycles. The van der Waals surface area contributed by atoms with E-state index in [1.54, 1.807) is 63.0 Å². The van der Waals surface area contributed by atoms with E-state index >= 15 is 8.90 Å². The third-order valence-electron chi connectivity index (χ3n) is 13.4. The molecule has 0 saturated carbocycles. The molecule has 12 nitrogen and oxygen atoms in total. The number of hydrogen-bond acceptors (Lipinski definition) is 8. The maximum Gasteiger partial charge on any atom is 0.269 e. The third-order valence-corrected chi connectivity index (χ3v) is 15.8. The van der Waals surface area contributed by atoms with Crippen LogP contribution in [0.2, 0.25) is 18.6 Å². The van der Waals surface area contributed by atoms with Crippen LogP contribution >= 0.6 is 0 Å². The average molecular weight is 867 g/mol. The Kier molecular flexibility index (Phi) is 9.99. The Hall–Kier alpha value is -6.35. The van der Waals surface area contributed by atoms with E-state index in [-0.39, 0.29) is 50.5 Å². The molecule has 5 aromatic carbocycles. The van der Waals surface area contributed by atoms with Crippen LogP contribution in [0, 0.1) is 5.92 Å². The maximum atomic E-state index is 17.0. The van der Waals surface area contributed by atoms with E-state index in [1.807, 2.05) is 91.9 Å². The zero-order valence-electron chi connectivity index (χ0n) is 35.2. The van der Waals surface area contributed by atoms with Gasteiger partial charge in [-0.1, -0.05) is 67.6 Å². The van der Waals surface area contributed by atoms with Crippen LogP contribution in [0.15, 0.2) is 115 Å². The van der Waals surface area contributed by atoms with Crippen molar-refractivity contribution in [3.8, 4) is 11.5 Å². The lowest BCUT2D eigenvalue weighted by molar-refractivity contribution is -0.151. The minimum atomic E-state index is -3.70. The number of carbonyl (C=O) groups excluding carboxylic acids is 4. The van der Waals surface area contributed by atoms with Crippen LogP contribution in [0.25, 0.3) is 0 Å². The highest BCUT2D eigenvalue weighted by atomic mass is 28.4. The Morgan fingerprint density at radius 3 is 2.05 bits per heavy atom. The summed E-state index contributed by atoms with van der Waals surface area (Å²) in [5.74, 6) is -0.864. The second-order valence-electron chi connectivity index (χ2n) is 17.5. The minimum Gasteiger partial charge on any atom is -0.482 e. The number of aliphatic hydroxyl groups excluding tert-OH is 1. The van der Waals surface area contributed by atoms with Gasteiger partial charge in [-0.3, -0.25) is 29.0 Å². The van der Waals surface area contributed by atoms with E-state index < -0.39 is 43.5 Å². The number of halogens is 1. The number of carbonyl (C=O) groups is 4. The predicted octanol–water partition coefficient (Wildman–Crippen LogP) is 7.46. The number of hydrogen-bond donors (Lipinski definition) is 1. The Balaban J connectivity index is 1.05. The van der Waals surface area contributed by atoms with Crippen LogP contribution in [-0.4, -0.2) is 74.0 Å². The van der Waals surface area contributed by atoms with Gasteiger partial charge in [-0.25, -0.2) is 0 Å². The third kappa shape index (κ3) is 6.70. The van der Waals surface area contributed by atoms with Crippen LogP contribution in [0.5, 0.6) is 11.5 Å². The number of anilines is 5. The first-order valence-electron chi connectivity index (χ1n) is 21.4. The molecule has 322 valence electrons. The Labute approximate surface area is 365 Å². The van der Waals surface area contributed by atoms with Crippen LogP contribution in [0.4, 0.5) is 32.5 Å². The van der Waals surface area contributed by atoms with Gasteiger partial charge in [0.15, 0.2) is 18.8 Å². The molecule has 63 heavy (non-hydrogen) atoms. The molecular weight excluding hydrogens is 820 g/mol. The zero-order chi connectivity index (χ0) is 43.8. The van der Waals surface area contributed by atoms with Crippen molar-refractivity contribution < 1.29 is 42.6 Å². The van der Waals surface area contributed by atoms with Gasteiger partial charge in [0.2, 0.25) is 14.3 Å². The molecule has 1 spiro atoms. The number of aliphatic hydroxyl groups is 1. The van der Waals surface area contributed by atoms with Gasteiger partial charge < -0.3 is 33.2 Å². The first-order chi connectivity index (χ1) is 30.4. The van der Waals surface area contributed by atoms with Gasteiger partial charge in [0.25, 0.3) is 17.7 Å². The van der Waals surface area contributed by atoms with Gasteiger partial charge in [-0.05, 0) is 90.8 Å². The highest BCUT2D eigenvalue weighted by Crippen LogP contribution is 2.61. The molecule has 5 aliphatic heterocycles. The highest BCUT2D eigenvalue weighted by Gasteiger charge is 2.67. The highest BCUT2D eigenvalue weighted by molar-refractivity contribution is 6.72. The number of para-hydroxylation sites is 4. The number of ether oxygens (including phenoxy) is 3. The predicted molar refractivity (Wildman–Crippen MR) is 236 cm³/mol. The van der Waals surface area contributed by atoms with E-state index in [9.17, 15) is 19.5 Å². The molecule has 1 N–H and O–H groups in total. The van der Waals surface area contributed by atoms with E-state index in [0.29, 0.717) is 58.5 Å². The quantitative estimate of drug-likeness (QED) is 0.126. The Morgan fingerprint density at radius 2 is 1.40 bits per heavy atom. The molecule has 0 radical (unpaired) electrons. The van der Waals surface area contributed by atoms with Crippen molar-refractivity contribution in [2.24, 2.45) is 5.92 Å². The van der Waals surface area contributed by atoms with E-state index in [1.165, 1.54) is 0 Å². The Bertz CT molecular complexity index is 2690. The molecule has 0 unspecified atom stereocenters. The average Bonchev–Trinajstić information content (AvgIpc) is 3.71. The van der Waals surface area contributed by atoms with Gasteiger partial charge in [-0.2, -0.15) is 0 Å². The summed E-state index contributed by atoms with van der Waals surface area (Å²) in [5.41, 5.74) is 3.49. The van der Waals surface area contributed by atoms with Crippen LogP contribution in [0.3, 0.4) is 0 Å². The second-order valence-corrected chi connectivity index (χ2v) is 21.3. The van der Waals surface area contributed by atoms with Crippen molar-refractivity contribution in [3.05, 3.63) is 138 Å². The molecule has 5 atom stereocenters. The molecule has 5 aliphatic rings. The summed E-state index contributed by atoms with van der Waals surface area (Å²) in [7, 11) is -3.70. The SMILES string of the molecule is C[C@H]1[C@H]([Si](C)(C)F)[C@@H](CC(=O)N2Cc3ccccc3C[C@H]2CO)O[C@]12C(=O)N(Cc1cccc(N3C(=O)COc4ccccc43)c1)c1ccc(N3C(=O)COc4ccccc43)cc12. The van der Waals surface area contributed by atoms with Crippen LogP contribution in [0.1, 0.15) is 35.6 Å². The van der Waals surface area contributed by atoms with E-state index in [4.69, 9.17) is 14.2 Å². The minimum absolute atomic E-state index is 0.0758. The number of rotatable bonds is 8. The van der Waals surface area contributed by atoms with E-state index in [0.717, 1.165) is 16.7 Å². The fourth-order valence-corrected chi connectivity index (χ4v) is 13.1. The van der Waals surface area contributed by atoms with Crippen molar-refractivity contribution in [1.82, 2.24) is 4.90 Å². The van der Waals surface area contributed by atoms with Gasteiger partial charge >= 0.3 is 0 Å². The largest absolute Gasteiger partial charge is 0.482 e. The molecule has 5 aromatic rings. The lowest BCUT2D eigenvalue weighted by Gasteiger charge is -2.37. The first-order valence-corrected chi connectivity index (χ1v) is 24.3. The van der Waals surface area contributed by atoms with Gasteiger partial charge in [0, 0.05) is 34.9 Å². The monoisotopic (exact) mass is 866 g/mol. The fraction of sp³-hybridized carbons (Fsp3) is 0.306. The standard InChI is InChI=1S/C49H47FN4O8Si/c1-30-47(63(2,3)50)43(24-44(56)51-26-33-13-5-4-12-32(33)22-36(51)27-55)62-49(30)37-23-35(54-40-16-7-9-18-42(40)61-29-46(54)58)19-20-38(37)52(48(49)59)25-31-11-10-14-34(21-31)53-39-15-6-8-17-41(39)60-28-45(53)57/h4-21,23,30,36,43,47,55H,22,24-29H2,1-3H3/t30-,36-,43+,47-,49+/m0/s1. The number of benzene rings is 5. The lowest BCUT2D eigenvalue weighted by atomic mass is 9.82. The van der Waals surface area contributed by atoms with E-state index in [2.05, 4.69) is 0 Å². The Morgan fingerprint density at radius 1 is 0.778 bits per heavy atom. The molecule has 1 fully saturated rings. The van der Waals surface area contributed by atoms with Crippen molar-refractivity contribution in [1.29, 1.82) is 0 Å². The molecular formula is C49H47FN4O8Si. The maximum absolute atomic E-state index is 17.0. The molecule has 0 bridgehead atoms. The van der Waals surface area contributed by atoms with Crippen molar-refractivity contribution in [3.63, 3.8) is 0 Å². The van der Waals surface area contributed by atoms with Crippen molar-refractivity contribution >= 4 is 60.5 Å². The summed E-state index contributed by atoms with van der Waals surface area (Å²) in [6, 6.07) is 34.7. The molecule has 14 heteroatoms. The molecule has 10 rings (SSSR count). The summed E-state index contributed by atoms with van der Waals surface area (Å²) in [6.45, 7) is 4.85. The normalized spacial score (nSPS) is 23.9. The summed E-state index contributed by atoms with van der Waals surface area (Å²) < 4.78 is 35.6. The number of amides is 4. The van der Waals surface area contributed by atoms with Crippen molar-refractivity contribution in [2.45, 2.75) is 69.2 Å². The van der Waals surface area contributed by atoms with Crippen molar-refractivity contribution in [2.75, 3.05) is 34.5 Å². The molecule has 5 heterocycles. The van der Waals surface area contributed by atoms with Crippen LogP contribution in [-0.2, 0) is 49.0 Å². The summed E-state index contributed by atoms with van der Waals surface area (Å²) in [4.78, 5) is 63.5. The van der Waals surface area contributed by atoms with Gasteiger partial charge in [0.05, 0.1) is 48.8 Å². The molecule has 0 aromatic heterocycles. The fourth-order valence-electron chi connectivity index (χ4n) is 10.6. The lowest BCUT2D eigenvalue weighted by Crippen LogP contribution is -2.48. The smallest absolute Gasteiger partial charge is 0.269 e. The zero-order valence-corrected chi connectivity index (χ0v) is 36.2. The summed E-state index contributed by atoms with van der Waals surface area (Å²) in [6.07, 6.45) is -0.681. The molecule has 1 saturated heterocycles. The number of nitrogens with zero attached hydrogens (tertiary/aromatic N) is 4. The van der Waals surface area contributed by atoms with Crippen LogP contribution < -0.4 is 24.2 Å². The van der Waals surface area contributed by atoms with Gasteiger partial charge in [-0.15, -0.1) is 0 Å². The molecule has 4 amide bonds. The topological polar surface area (TPSA) is 129 Å². The first kappa shape index (κ1) is 40.7. The van der Waals surface area contributed by atoms with Gasteiger partial charge in [0.1, 0.15) is 11.5 Å². The number of fused-ring (bicyclic) bond motifs is 5. The summed E-state index contributed by atoms with van der Waals surface area (Å²) in [5, 5.41) is 10.5.